The number of fused-ring (bicyclic) bond motifs is 2. The minimum Gasteiger partial charge on any atom is -0.391 e. The van der Waals surface area contributed by atoms with E-state index in [4.69, 9.17) is 15.5 Å². The first-order chi connectivity index (χ1) is 26.0. The fourth-order valence-electron chi connectivity index (χ4n) is 14.1. The SMILES string of the molecule is CCCCCC[C@H]1CO[C@@H]([C@@H](O)[C@](C)(O)[C@@H]2CC[C@]3(O)[C@H]4C(=NC[C@H](C)O)C(=O)[C@@H]5C[C@@H](O)[C@@H](O)C[C@@]56C[C@@H](C5CCC(N)[NH2+]C5)C=C[C@@H](C[C@]23C)[C@@H]46)[C@H]1C. The van der Waals surface area contributed by atoms with E-state index in [1.807, 2.05) is 0 Å². The van der Waals surface area contributed by atoms with Gasteiger partial charge in [-0.15, -0.1) is 0 Å². The fraction of sp³-hybridized carbons (Fsp3) is 0.909. The summed E-state index contributed by atoms with van der Waals surface area (Å²) in [6.07, 6.45) is 10.2. The van der Waals surface area contributed by atoms with E-state index in [0.29, 0.717) is 44.1 Å². The molecule has 6 fully saturated rings. The Kier molecular flexibility index (Phi) is 12.0. The second-order valence-corrected chi connectivity index (χ2v) is 20.3. The summed E-state index contributed by atoms with van der Waals surface area (Å²) in [6.45, 7) is 11.2. The van der Waals surface area contributed by atoms with Crippen LogP contribution in [0.4, 0.5) is 0 Å². The van der Waals surface area contributed by atoms with Gasteiger partial charge in [0, 0.05) is 29.6 Å². The average Bonchev–Trinajstić information content (AvgIpc) is 3.58. The number of unbranched alkanes of at least 4 members (excludes halogenated alkanes) is 3. The van der Waals surface area contributed by atoms with Crippen LogP contribution in [-0.4, -0.2) is 110 Å². The van der Waals surface area contributed by atoms with E-state index in [1.165, 1.54) is 19.3 Å². The molecule has 19 atom stereocenters. The van der Waals surface area contributed by atoms with Gasteiger partial charge >= 0.3 is 0 Å². The van der Waals surface area contributed by atoms with Crippen LogP contribution in [0.1, 0.15) is 118 Å². The number of carbonyl (C=O) groups excluding carboxylic acids is 1. The highest BCUT2D eigenvalue weighted by atomic mass is 16.5. The third kappa shape index (κ3) is 6.95. The van der Waals surface area contributed by atoms with Gasteiger partial charge in [0.25, 0.3) is 0 Å². The number of piperidine rings is 1. The molecule has 0 radical (unpaired) electrons. The van der Waals surface area contributed by atoms with Gasteiger partial charge in [-0.2, -0.15) is 0 Å². The van der Waals surface area contributed by atoms with E-state index in [1.54, 1.807) is 13.8 Å². The number of quaternary nitrogens is 1. The number of ether oxygens (including phenoxy) is 1. The quantitative estimate of drug-likeness (QED) is 0.115. The summed E-state index contributed by atoms with van der Waals surface area (Å²) in [6, 6.07) is 0. The Hall–Kier alpha value is -1.28. The molecule has 0 bridgehead atoms. The van der Waals surface area contributed by atoms with Crippen molar-refractivity contribution in [2.24, 2.45) is 74.8 Å². The van der Waals surface area contributed by atoms with Crippen molar-refractivity contribution in [2.45, 2.75) is 166 Å². The summed E-state index contributed by atoms with van der Waals surface area (Å²) in [4.78, 5) is 20.0. The summed E-state index contributed by atoms with van der Waals surface area (Å²) in [7, 11) is 0. The number of allylic oxidation sites excluding steroid dienone is 2. The normalized spacial score (nSPS) is 49.8. The van der Waals surface area contributed by atoms with Gasteiger partial charge in [-0.25, -0.2) is 0 Å². The number of rotatable bonds is 11. The number of hydrogen-bond acceptors (Lipinski definition) is 10. The van der Waals surface area contributed by atoms with Crippen molar-refractivity contribution in [3.63, 3.8) is 0 Å². The Bertz CT molecular complexity index is 1450. The molecule has 2 saturated heterocycles. The lowest BCUT2D eigenvalue weighted by molar-refractivity contribution is -0.703. The molecule has 2 aliphatic heterocycles. The van der Waals surface area contributed by atoms with E-state index in [0.717, 1.165) is 32.2 Å². The van der Waals surface area contributed by atoms with Gasteiger partial charge in [0.05, 0.1) is 61.0 Å². The first kappa shape index (κ1) is 41.9. The van der Waals surface area contributed by atoms with Gasteiger partial charge in [0.1, 0.15) is 12.3 Å². The molecule has 4 saturated carbocycles. The van der Waals surface area contributed by atoms with Gasteiger partial charge in [-0.1, -0.05) is 58.6 Å². The van der Waals surface area contributed by atoms with Crippen molar-refractivity contribution in [2.75, 3.05) is 19.7 Å². The highest BCUT2D eigenvalue weighted by Crippen LogP contribution is 2.73. The zero-order valence-electron chi connectivity index (χ0n) is 34.2. The number of carbonyl (C=O) groups is 1. The molecule has 1 spiro atoms. The summed E-state index contributed by atoms with van der Waals surface area (Å²) in [5, 5.41) is 73.7. The van der Waals surface area contributed by atoms with E-state index in [9.17, 15) is 30.6 Å². The maximum absolute atomic E-state index is 15.1. The molecule has 11 heteroatoms. The van der Waals surface area contributed by atoms with Gasteiger partial charge in [-0.3, -0.25) is 15.5 Å². The number of aliphatic hydroxyl groups excluding tert-OH is 4. The van der Waals surface area contributed by atoms with Crippen LogP contribution in [0.2, 0.25) is 0 Å². The highest BCUT2D eigenvalue weighted by molar-refractivity contribution is 6.42. The predicted octanol–water partition coefficient (Wildman–Crippen LogP) is 2.48. The maximum Gasteiger partial charge on any atom is 0.180 e. The molecular formula is C44H74N3O8+. The summed E-state index contributed by atoms with van der Waals surface area (Å²) in [5.41, 5.74) is 1.91. The number of nitrogens with zero attached hydrogens (tertiary/aromatic N) is 1. The van der Waals surface area contributed by atoms with Crippen LogP contribution in [0.15, 0.2) is 17.1 Å². The lowest BCUT2D eigenvalue weighted by atomic mass is 9.38. The number of aliphatic imine (C=N–C) groups is 1. The van der Waals surface area contributed by atoms with Crippen LogP contribution in [0, 0.1) is 64.1 Å². The lowest BCUT2D eigenvalue weighted by Gasteiger charge is -2.66. The van der Waals surface area contributed by atoms with E-state index in [2.05, 4.69) is 38.2 Å². The first-order valence-corrected chi connectivity index (χ1v) is 22.1. The number of ketones is 1. The third-order valence-corrected chi connectivity index (χ3v) is 17.1. The van der Waals surface area contributed by atoms with E-state index < -0.39 is 70.3 Å². The van der Waals surface area contributed by atoms with Gasteiger partial charge < -0.3 is 40.7 Å². The fourth-order valence-corrected chi connectivity index (χ4v) is 14.1. The van der Waals surface area contributed by atoms with Crippen molar-refractivity contribution in [1.82, 2.24) is 0 Å². The minimum atomic E-state index is -1.60. The summed E-state index contributed by atoms with van der Waals surface area (Å²) < 4.78 is 6.32. The minimum absolute atomic E-state index is 0.0135. The monoisotopic (exact) mass is 773 g/mol. The first-order valence-electron chi connectivity index (χ1n) is 22.1. The second kappa shape index (κ2) is 15.7. The van der Waals surface area contributed by atoms with Crippen molar-refractivity contribution < 1.29 is 45.5 Å². The number of aliphatic hydroxyl groups is 6. The third-order valence-electron chi connectivity index (χ3n) is 17.1. The van der Waals surface area contributed by atoms with Gasteiger partial charge in [-0.05, 0) is 106 Å². The van der Waals surface area contributed by atoms with Crippen LogP contribution >= 0.6 is 0 Å². The molecule has 7 aliphatic rings. The van der Waals surface area contributed by atoms with Crippen LogP contribution in [-0.2, 0) is 9.53 Å². The van der Waals surface area contributed by atoms with Crippen LogP contribution in [0.3, 0.4) is 0 Å². The number of hydrogen-bond donors (Lipinski definition) is 8. The molecule has 0 aromatic carbocycles. The Labute approximate surface area is 329 Å². The highest BCUT2D eigenvalue weighted by Gasteiger charge is 2.76. The smallest absolute Gasteiger partial charge is 0.180 e. The number of Topliss-reactive ketones (excluding diaryl/α,β-unsaturated/α-hetero) is 1. The Balaban J connectivity index is 1.28. The van der Waals surface area contributed by atoms with Crippen LogP contribution < -0.4 is 11.1 Å². The average molecular weight is 773 g/mol. The lowest BCUT2D eigenvalue weighted by Crippen LogP contribution is -2.95. The molecular weight excluding hydrogens is 698 g/mol. The molecule has 7 rings (SSSR count). The van der Waals surface area contributed by atoms with Crippen molar-refractivity contribution in [1.29, 1.82) is 0 Å². The second-order valence-electron chi connectivity index (χ2n) is 20.3. The molecule has 55 heavy (non-hydrogen) atoms. The molecule has 10 N–H and O–H groups in total. The molecule has 2 unspecified atom stereocenters. The number of nitrogens with two attached hydrogens (primary N) is 2. The van der Waals surface area contributed by atoms with Crippen molar-refractivity contribution in [3.8, 4) is 0 Å². The van der Waals surface area contributed by atoms with E-state index >= 15 is 4.79 Å². The van der Waals surface area contributed by atoms with Crippen molar-refractivity contribution >= 4 is 11.5 Å². The zero-order chi connectivity index (χ0) is 39.7. The molecule has 11 nitrogen and oxygen atoms in total. The molecule has 312 valence electrons. The topological polar surface area (TPSA) is 203 Å². The van der Waals surface area contributed by atoms with Gasteiger partial charge in [0.2, 0.25) is 0 Å². The molecule has 0 aromatic heterocycles. The zero-order valence-corrected chi connectivity index (χ0v) is 34.2. The largest absolute Gasteiger partial charge is 0.391 e. The molecule has 5 aliphatic carbocycles. The standard InChI is InChI=1S/C44H73N3O8/c1-6-7-8-9-10-29-23-55-39(25(29)3)40(52)42(5,53)33-15-16-44(54)36-35-27(18-41(33,44)4)12-11-26(28-13-14-34(45)46-22-28)19-43(35)20-32(50)31(49)17-30(43)38(51)37(36)47-21-24(2)48/h11-12,24-36,39-40,46,48-50,52-54H,6-10,13-23,45H2,1-5H3/p+1/t24-,25-,26-,27-,28?,29-,30-,31+,32-,33+,34?,35-,36+,39+,40+,41+,42+,43-,44-/m0/s1. The molecule has 0 amide bonds. The summed E-state index contributed by atoms with van der Waals surface area (Å²) in [5.74, 6) is -1.50. The van der Waals surface area contributed by atoms with E-state index in [-0.39, 0.29) is 60.7 Å². The predicted molar refractivity (Wildman–Crippen MR) is 210 cm³/mol. The Morgan fingerprint density at radius 1 is 1.07 bits per heavy atom. The maximum atomic E-state index is 15.1. The summed E-state index contributed by atoms with van der Waals surface area (Å²) >= 11 is 0. The molecule has 0 aromatic rings. The van der Waals surface area contributed by atoms with Crippen LogP contribution in [0.25, 0.3) is 0 Å². The van der Waals surface area contributed by atoms with Crippen LogP contribution in [0.5, 0.6) is 0 Å². The molecule has 2 heterocycles. The van der Waals surface area contributed by atoms with Gasteiger partial charge in [0.15, 0.2) is 5.78 Å². The van der Waals surface area contributed by atoms with Crippen molar-refractivity contribution in [3.05, 3.63) is 12.2 Å². The Morgan fingerprint density at radius 2 is 1.82 bits per heavy atom. The Morgan fingerprint density at radius 3 is 2.51 bits per heavy atom.